The summed E-state index contributed by atoms with van der Waals surface area (Å²) in [5, 5.41) is 5.13. The number of halogens is 4. The van der Waals surface area contributed by atoms with E-state index < -0.39 is 17.6 Å². The smallest absolute Gasteiger partial charge is 0.351 e. The van der Waals surface area contributed by atoms with Gasteiger partial charge in [0.2, 0.25) is 5.95 Å². The molecule has 2 N–H and O–H groups in total. The lowest BCUT2D eigenvalue weighted by atomic mass is 10.2. The van der Waals surface area contributed by atoms with Gasteiger partial charge in [0.1, 0.15) is 0 Å². The summed E-state index contributed by atoms with van der Waals surface area (Å²) in [4.78, 5) is 19.9. The van der Waals surface area contributed by atoms with Crippen molar-refractivity contribution in [3.8, 4) is 0 Å². The van der Waals surface area contributed by atoms with E-state index in [-0.39, 0.29) is 16.3 Å². The summed E-state index contributed by atoms with van der Waals surface area (Å²) in [6.07, 6.45) is -0.435. The molecule has 2 aromatic rings. The van der Waals surface area contributed by atoms with E-state index in [1.165, 1.54) is 12.4 Å². The Morgan fingerprint density at radius 1 is 1.29 bits per heavy atom. The minimum atomic E-state index is -4.54. The lowest BCUT2D eigenvalue weighted by Crippen LogP contribution is -2.15. The Morgan fingerprint density at radius 2 is 1.96 bits per heavy atom. The predicted octanol–water partition coefficient (Wildman–Crippen LogP) is 4.00. The summed E-state index contributed by atoms with van der Waals surface area (Å²) in [6, 6.07) is 2.67. The number of alkyl halides is 3. The fourth-order valence-electron chi connectivity index (χ4n) is 1.69. The number of amides is 1. The summed E-state index contributed by atoms with van der Waals surface area (Å²) in [5.74, 6) is -0.380. The number of aromatic nitrogens is 2. The molecule has 5 nitrogen and oxygen atoms in total. The van der Waals surface area contributed by atoms with Crippen molar-refractivity contribution in [3.05, 3.63) is 59.4 Å². The van der Waals surface area contributed by atoms with Crippen LogP contribution in [0.5, 0.6) is 0 Å². The van der Waals surface area contributed by atoms with Crippen LogP contribution in [0.15, 0.2) is 43.2 Å². The molecule has 1 heterocycles. The normalized spacial score (nSPS) is 11.0. The molecule has 0 fully saturated rings. The molecular weight excluding hydrogens is 345 g/mol. The van der Waals surface area contributed by atoms with Gasteiger partial charge in [-0.05, 0) is 18.2 Å². The summed E-state index contributed by atoms with van der Waals surface area (Å²) < 4.78 is 38.1. The van der Waals surface area contributed by atoms with Crippen LogP contribution in [0.3, 0.4) is 0 Å². The Kier molecular flexibility index (Phi) is 5.40. The third kappa shape index (κ3) is 4.45. The predicted molar refractivity (Wildman–Crippen MR) is 85.1 cm³/mol. The molecule has 2 rings (SSSR count). The van der Waals surface area contributed by atoms with Gasteiger partial charge < -0.3 is 10.6 Å². The van der Waals surface area contributed by atoms with Gasteiger partial charge in [-0.3, -0.25) is 4.79 Å². The minimum absolute atomic E-state index is 0.0125. The Bertz CT molecular complexity index is 747. The van der Waals surface area contributed by atoms with Crippen molar-refractivity contribution < 1.29 is 18.0 Å². The van der Waals surface area contributed by atoms with Gasteiger partial charge in [0.05, 0.1) is 21.8 Å². The van der Waals surface area contributed by atoms with Crippen LogP contribution in [0.25, 0.3) is 0 Å². The maximum absolute atomic E-state index is 12.7. The first kappa shape index (κ1) is 17.7. The highest BCUT2D eigenvalue weighted by Crippen LogP contribution is 2.33. The highest BCUT2D eigenvalue weighted by atomic mass is 35.5. The molecule has 0 radical (unpaired) electrons. The second-order valence-corrected chi connectivity index (χ2v) is 5.02. The van der Waals surface area contributed by atoms with Gasteiger partial charge in [-0.25, -0.2) is 9.97 Å². The number of hydrogen-bond donors (Lipinski definition) is 2. The van der Waals surface area contributed by atoms with E-state index in [2.05, 4.69) is 27.2 Å². The topological polar surface area (TPSA) is 66.9 Å². The molecule has 0 aliphatic heterocycles. The van der Waals surface area contributed by atoms with Gasteiger partial charge in [-0.1, -0.05) is 17.7 Å². The van der Waals surface area contributed by atoms with E-state index >= 15 is 0 Å². The molecule has 1 aromatic carbocycles. The van der Waals surface area contributed by atoms with Crippen molar-refractivity contribution >= 4 is 29.1 Å². The van der Waals surface area contributed by atoms with Crippen molar-refractivity contribution in [2.24, 2.45) is 0 Å². The quantitative estimate of drug-likeness (QED) is 0.795. The van der Waals surface area contributed by atoms with Crippen LogP contribution in [-0.4, -0.2) is 22.4 Å². The highest BCUT2D eigenvalue weighted by molar-refractivity contribution is 6.34. The highest BCUT2D eigenvalue weighted by Gasteiger charge is 2.31. The average molecular weight is 357 g/mol. The number of rotatable bonds is 5. The fraction of sp³-hybridized carbons (Fsp3) is 0.133. The minimum Gasteiger partial charge on any atom is -0.351 e. The largest absolute Gasteiger partial charge is 0.416 e. The van der Waals surface area contributed by atoms with Crippen LogP contribution < -0.4 is 10.6 Å². The molecule has 0 saturated carbocycles. The zero-order chi connectivity index (χ0) is 17.7. The van der Waals surface area contributed by atoms with E-state index in [9.17, 15) is 18.0 Å². The van der Waals surface area contributed by atoms with Crippen LogP contribution in [0, 0.1) is 0 Å². The summed E-state index contributed by atoms with van der Waals surface area (Å²) in [5.41, 5.74) is -0.986. The summed E-state index contributed by atoms with van der Waals surface area (Å²) >= 11 is 5.83. The Labute approximate surface area is 140 Å². The standard InChI is InChI=1S/C15H12ClF3N4O/c1-2-5-20-14-21-7-9(8-22-14)13(24)23-12-6-10(15(17,18)19)3-4-11(12)16/h2-4,6-8H,1,5H2,(H,23,24)(H,20,21,22). The third-order valence-electron chi connectivity index (χ3n) is 2.86. The first-order valence-corrected chi connectivity index (χ1v) is 7.04. The molecular formula is C15H12ClF3N4O. The van der Waals surface area contributed by atoms with E-state index in [1.807, 2.05) is 0 Å². The third-order valence-corrected chi connectivity index (χ3v) is 3.19. The van der Waals surface area contributed by atoms with Crippen molar-refractivity contribution in [2.75, 3.05) is 17.2 Å². The second-order valence-electron chi connectivity index (χ2n) is 4.61. The molecule has 0 unspecified atom stereocenters. The van der Waals surface area contributed by atoms with Crippen molar-refractivity contribution in [1.82, 2.24) is 9.97 Å². The Morgan fingerprint density at radius 3 is 2.54 bits per heavy atom. The molecule has 126 valence electrons. The van der Waals surface area contributed by atoms with Crippen LogP contribution in [0.2, 0.25) is 5.02 Å². The lowest BCUT2D eigenvalue weighted by molar-refractivity contribution is -0.137. The Balaban J connectivity index is 2.16. The number of nitrogens with one attached hydrogen (secondary N) is 2. The molecule has 0 spiro atoms. The van der Waals surface area contributed by atoms with E-state index in [4.69, 9.17) is 11.6 Å². The van der Waals surface area contributed by atoms with Gasteiger partial charge in [0, 0.05) is 18.9 Å². The van der Waals surface area contributed by atoms with Gasteiger partial charge in [-0.2, -0.15) is 13.2 Å². The van der Waals surface area contributed by atoms with E-state index in [1.54, 1.807) is 6.08 Å². The first-order valence-electron chi connectivity index (χ1n) is 6.66. The van der Waals surface area contributed by atoms with Gasteiger partial charge in [-0.15, -0.1) is 6.58 Å². The van der Waals surface area contributed by atoms with Gasteiger partial charge >= 0.3 is 6.18 Å². The number of benzene rings is 1. The average Bonchev–Trinajstić information content (AvgIpc) is 2.54. The molecule has 0 atom stereocenters. The first-order chi connectivity index (χ1) is 11.3. The summed E-state index contributed by atoms with van der Waals surface area (Å²) in [7, 11) is 0. The number of nitrogens with zero attached hydrogens (tertiary/aromatic N) is 2. The van der Waals surface area contributed by atoms with E-state index in [0.29, 0.717) is 12.5 Å². The Hall–Kier alpha value is -2.61. The van der Waals surface area contributed by atoms with Crippen molar-refractivity contribution in [3.63, 3.8) is 0 Å². The van der Waals surface area contributed by atoms with Gasteiger partial charge in [0.15, 0.2) is 0 Å². The molecule has 9 heteroatoms. The lowest BCUT2D eigenvalue weighted by Gasteiger charge is -2.11. The monoisotopic (exact) mass is 356 g/mol. The summed E-state index contributed by atoms with van der Waals surface area (Å²) in [6.45, 7) is 3.98. The number of carbonyl (C=O) groups is 1. The molecule has 0 aliphatic carbocycles. The molecule has 0 bridgehead atoms. The van der Waals surface area contributed by atoms with Crippen LogP contribution >= 0.6 is 11.6 Å². The van der Waals surface area contributed by atoms with Crippen molar-refractivity contribution in [2.45, 2.75) is 6.18 Å². The van der Waals surface area contributed by atoms with Crippen molar-refractivity contribution in [1.29, 1.82) is 0 Å². The maximum atomic E-state index is 12.7. The van der Waals surface area contributed by atoms with Gasteiger partial charge in [0.25, 0.3) is 5.91 Å². The fourth-order valence-corrected chi connectivity index (χ4v) is 1.86. The zero-order valence-electron chi connectivity index (χ0n) is 12.2. The number of hydrogen-bond acceptors (Lipinski definition) is 4. The zero-order valence-corrected chi connectivity index (χ0v) is 12.9. The second kappa shape index (κ2) is 7.31. The number of anilines is 2. The van der Waals surface area contributed by atoms with Crippen LogP contribution in [0.1, 0.15) is 15.9 Å². The molecule has 0 saturated heterocycles. The van der Waals surface area contributed by atoms with Crippen LogP contribution in [0.4, 0.5) is 24.8 Å². The number of carbonyl (C=O) groups excluding carboxylic acids is 1. The molecule has 24 heavy (non-hydrogen) atoms. The molecule has 0 aliphatic rings. The molecule has 1 amide bonds. The molecule has 1 aromatic heterocycles. The SMILES string of the molecule is C=CCNc1ncc(C(=O)Nc2cc(C(F)(F)F)ccc2Cl)cn1. The maximum Gasteiger partial charge on any atom is 0.416 e. The van der Waals surface area contributed by atoms with Crippen LogP contribution in [-0.2, 0) is 6.18 Å². The van der Waals surface area contributed by atoms with E-state index in [0.717, 1.165) is 18.2 Å².